The second kappa shape index (κ2) is 4.90. The average Bonchev–Trinajstić information content (AvgIpc) is 2.14. The predicted molar refractivity (Wildman–Crippen MR) is 53.5 cm³/mol. The van der Waals surface area contributed by atoms with Crippen LogP contribution in [-0.2, 0) is 4.79 Å². The maximum absolute atomic E-state index is 11.9. The van der Waals surface area contributed by atoms with Crippen LogP contribution in [0.2, 0.25) is 6.32 Å². The molecule has 0 aliphatic carbocycles. The highest BCUT2D eigenvalue weighted by atomic mass is 19.4. The molecule has 1 saturated heterocycles. The van der Waals surface area contributed by atoms with Gasteiger partial charge in [-0.3, -0.25) is 4.79 Å². The summed E-state index contributed by atoms with van der Waals surface area (Å²) in [5, 5.41) is 0. The molecule has 0 spiro atoms. The molecular weight excluding hydrogens is 206 g/mol. The van der Waals surface area contributed by atoms with Crippen molar-refractivity contribution >= 4 is 12.9 Å². The molecule has 1 heterocycles. The molecule has 0 N–H and O–H groups in total. The van der Waals surface area contributed by atoms with Gasteiger partial charge in [-0.15, -0.1) is 0 Å². The molecule has 88 valence electrons. The maximum atomic E-state index is 11.9. The molecule has 0 aromatic carbocycles. The average molecular weight is 222 g/mol. The normalized spacial score (nSPS) is 19.3. The number of carbonyl (C=O) groups is 1. The van der Waals surface area contributed by atoms with Crippen LogP contribution in [-0.4, -0.2) is 30.9 Å². The van der Waals surface area contributed by atoms with Crippen molar-refractivity contribution in [2.75, 3.05) is 13.1 Å². The molecular formula is C9H16BF3NO-. The van der Waals surface area contributed by atoms with Gasteiger partial charge in [-0.25, -0.2) is 0 Å². The van der Waals surface area contributed by atoms with Gasteiger partial charge in [-0.1, -0.05) is 13.2 Å². The highest BCUT2D eigenvalue weighted by Crippen LogP contribution is 2.20. The van der Waals surface area contributed by atoms with Crippen molar-refractivity contribution in [2.45, 2.75) is 32.5 Å². The summed E-state index contributed by atoms with van der Waals surface area (Å²) in [5.74, 6) is 0.238. The minimum absolute atomic E-state index is 0.346. The van der Waals surface area contributed by atoms with Crippen LogP contribution in [0.5, 0.6) is 0 Å². The molecule has 6 heteroatoms. The Kier molecular flexibility index (Phi) is 4.05. The second-order valence-electron chi connectivity index (χ2n) is 4.31. The Morgan fingerprint density at radius 3 is 2.33 bits per heavy atom. The number of hydrogen-bond acceptors (Lipinski definition) is 1. The van der Waals surface area contributed by atoms with Gasteiger partial charge in [0.2, 0.25) is 5.91 Å². The lowest BCUT2D eigenvalue weighted by Gasteiger charge is -2.30. The van der Waals surface area contributed by atoms with Crippen molar-refractivity contribution in [3.05, 3.63) is 0 Å². The van der Waals surface area contributed by atoms with Crippen LogP contribution in [0.1, 0.15) is 26.2 Å². The Morgan fingerprint density at radius 1 is 1.33 bits per heavy atom. The van der Waals surface area contributed by atoms with Crippen LogP contribution in [0.25, 0.3) is 0 Å². The van der Waals surface area contributed by atoms with Gasteiger partial charge in [0.15, 0.2) is 0 Å². The largest absolute Gasteiger partial charge is 0.478 e. The van der Waals surface area contributed by atoms with E-state index < -0.39 is 13.3 Å². The molecule has 0 bridgehead atoms. The third kappa shape index (κ3) is 4.58. The lowest BCUT2D eigenvalue weighted by atomic mass is 9.84. The zero-order valence-electron chi connectivity index (χ0n) is 8.89. The lowest BCUT2D eigenvalue weighted by molar-refractivity contribution is -0.132. The number of carbonyl (C=O) groups excluding carboxylic acids is 1. The molecule has 0 unspecified atom stereocenters. The van der Waals surface area contributed by atoms with Gasteiger partial charge in [0.1, 0.15) is 0 Å². The minimum atomic E-state index is -4.82. The first-order chi connectivity index (χ1) is 6.88. The van der Waals surface area contributed by atoms with E-state index in [1.54, 1.807) is 4.90 Å². The number of piperidine rings is 1. The molecule has 1 aliphatic rings. The summed E-state index contributed by atoms with van der Waals surface area (Å²) in [6.45, 7) is -1.49. The molecule has 0 saturated carbocycles. The van der Waals surface area contributed by atoms with Gasteiger partial charge in [-0.05, 0) is 18.8 Å². The minimum Gasteiger partial charge on any atom is -0.449 e. The van der Waals surface area contributed by atoms with Crippen LogP contribution >= 0.6 is 0 Å². The summed E-state index contributed by atoms with van der Waals surface area (Å²) >= 11 is 0. The Labute approximate surface area is 87.9 Å². The van der Waals surface area contributed by atoms with Gasteiger partial charge in [0.25, 0.3) is 0 Å². The van der Waals surface area contributed by atoms with E-state index in [4.69, 9.17) is 0 Å². The zero-order chi connectivity index (χ0) is 11.5. The predicted octanol–water partition coefficient (Wildman–Crippen LogP) is 2.48. The fraction of sp³-hybridized carbons (Fsp3) is 0.889. The van der Waals surface area contributed by atoms with E-state index in [1.807, 2.05) is 0 Å². The maximum Gasteiger partial charge on any atom is 0.478 e. The molecule has 2 nitrogen and oxygen atoms in total. The van der Waals surface area contributed by atoms with Crippen molar-refractivity contribution in [2.24, 2.45) is 5.92 Å². The van der Waals surface area contributed by atoms with E-state index in [-0.39, 0.29) is 12.3 Å². The highest BCUT2D eigenvalue weighted by molar-refractivity contribution is 6.58. The third-order valence-corrected chi connectivity index (χ3v) is 2.82. The van der Waals surface area contributed by atoms with Crippen LogP contribution in [0.4, 0.5) is 12.9 Å². The molecule has 0 aromatic heterocycles. The summed E-state index contributed by atoms with van der Waals surface area (Å²) in [5.41, 5.74) is 0. The van der Waals surface area contributed by atoms with E-state index in [0.717, 1.165) is 12.8 Å². The second-order valence-corrected chi connectivity index (χ2v) is 4.31. The number of amides is 1. The molecule has 0 atom stereocenters. The SMILES string of the molecule is CC1CCN(C(=O)CC[B-](F)(F)F)CC1. The number of rotatable bonds is 3. The molecule has 1 rings (SSSR count). The van der Waals surface area contributed by atoms with Gasteiger partial charge in [0, 0.05) is 19.5 Å². The summed E-state index contributed by atoms with van der Waals surface area (Å²) in [6, 6.07) is 0. The van der Waals surface area contributed by atoms with Crippen LogP contribution < -0.4 is 0 Å². The topological polar surface area (TPSA) is 20.3 Å². The monoisotopic (exact) mass is 222 g/mol. The van der Waals surface area contributed by atoms with Gasteiger partial charge in [-0.2, -0.15) is 0 Å². The number of nitrogens with zero attached hydrogens (tertiary/aromatic N) is 1. The van der Waals surface area contributed by atoms with Crippen molar-refractivity contribution in [3.8, 4) is 0 Å². The van der Waals surface area contributed by atoms with E-state index in [0.29, 0.717) is 19.0 Å². The van der Waals surface area contributed by atoms with Crippen LogP contribution in [0.15, 0.2) is 0 Å². The quantitative estimate of drug-likeness (QED) is 0.671. The van der Waals surface area contributed by atoms with Gasteiger partial charge < -0.3 is 17.8 Å². The molecule has 1 fully saturated rings. The Bertz CT molecular complexity index is 224. The van der Waals surface area contributed by atoms with Crippen molar-refractivity contribution < 1.29 is 17.7 Å². The summed E-state index contributed by atoms with van der Waals surface area (Å²) in [4.78, 5) is 12.9. The first-order valence-electron chi connectivity index (χ1n) is 5.37. The van der Waals surface area contributed by atoms with E-state index >= 15 is 0 Å². The van der Waals surface area contributed by atoms with Crippen LogP contribution in [0.3, 0.4) is 0 Å². The Morgan fingerprint density at radius 2 is 1.87 bits per heavy atom. The van der Waals surface area contributed by atoms with E-state index in [9.17, 15) is 17.7 Å². The standard InChI is InChI=1S/C9H16BF3NO/c1-8-3-6-14(7-4-8)9(15)2-5-10(11,12)13/h8H,2-7H2,1H3/q-1. The molecule has 1 aliphatic heterocycles. The first-order valence-corrected chi connectivity index (χ1v) is 5.37. The van der Waals surface area contributed by atoms with E-state index in [1.165, 1.54) is 0 Å². The van der Waals surface area contributed by atoms with Gasteiger partial charge >= 0.3 is 6.98 Å². The summed E-state index contributed by atoms with van der Waals surface area (Å²) < 4.78 is 35.8. The van der Waals surface area contributed by atoms with Crippen molar-refractivity contribution in [3.63, 3.8) is 0 Å². The highest BCUT2D eigenvalue weighted by Gasteiger charge is 2.26. The number of likely N-dealkylation sites (tertiary alicyclic amines) is 1. The summed E-state index contributed by atoms with van der Waals surface area (Å²) in [6.07, 6.45) is 0.495. The smallest absolute Gasteiger partial charge is 0.449 e. The number of hydrogen-bond donors (Lipinski definition) is 0. The van der Waals surface area contributed by atoms with Crippen molar-refractivity contribution in [1.82, 2.24) is 4.90 Å². The fourth-order valence-corrected chi connectivity index (χ4v) is 1.70. The molecule has 0 radical (unpaired) electrons. The van der Waals surface area contributed by atoms with E-state index in [2.05, 4.69) is 6.92 Å². The van der Waals surface area contributed by atoms with Gasteiger partial charge in [0.05, 0.1) is 0 Å². The fourth-order valence-electron chi connectivity index (χ4n) is 1.70. The Hall–Kier alpha value is -0.675. The Balaban J connectivity index is 2.29. The van der Waals surface area contributed by atoms with Crippen molar-refractivity contribution in [1.29, 1.82) is 0 Å². The molecule has 0 aromatic rings. The third-order valence-electron chi connectivity index (χ3n) is 2.82. The van der Waals surface area contributed by atoms with Crippen LogP contribution in [0, 0.1) is 5.92 Å². The first kappa shape index (κ1) is 12.4. The lowest BCUT2D eigenvalue weighted by Crippen LogP contribution is -2.38. The summed E-state index contributed by atoms with van der Waals surface area (Å²) in [7, 11) is 0. The zero-order valence-corrected chi connectivity index (χ0v) is 8.89. The number of halogens is 3. The molecule has 15 heavy (non-hydrogen) atoms. The molecule has 1 amide bonds.